The van der Waals surface area contributed by atoms with E-state index in [2.05, 4.69) is 6.92 Å². The second-order valence-corrected chi connectivity index (χ2v) is 9.78. The van der Waals surface area contributed by atoms with E-state index in [4.69, 9.17) is 4.55 Å². The second kappa shape index (κ2) is 17.0. The molecule has 2 N–H and O–H groups in total. The van der Waals surface area contributed by atoms with Gasteiger partial charge in [0, 0.05) is 0 Å². The fourth-order valence-electron chi connectivity index (χ4n) is 3.33. The lowest BCUT2D eigenvalue weighted by Crippen LogP contribution is -2.16. The Morgan fingerprint density at radius 1 is 0.654 bits per heavy atom. The molecule has 5 heteroatoms. The van der Waals surface area contributed by atoms with Crippen molar-refractivity contribution in [2.75, 3.05) is 0 Å². The molecule has 0 aliphatic carbocycles. The van der Waals surface area contributed by atoms with Gasteiger partial charge < -0.3 is 5.11 Å². The van der Waals surface area contributed by atoms with Crippen LogP contribution < -0.4 is 0 Å². The zero-order valence-corrected chi connectivity index (χ0v) is 18.1. The Kier molecular flexibility index (Phi) is 16.9. The number of aliphatic hydroxyl groups is 1. The Labute approximate surface area is 162 Å². The van der Waals surface area contributed by atoms with Gasteiger partial charge in [-0.15, -0.1) is 0 Å². The fraction of sp³-hybridized carbons (Fsp3) is 1.00. The Hall–Kier alpha value is -0.130. The SMILES string of the molecule is CCCCCCCCCCCCCC(O)CCCCCC(C)S(=O)(=O)O. The molecule has 0 radical (unpaired) electrons. The number of unbranched alkanes of at least 4 members (excludes halogenated alkanes) is 12. The highest BCUT2D eigenvalue weighted by Crippen LogP contribution is 2.16. The van der Waals surface area contributed by atoms with Crippen LogP contribution in [0.25, 0.3) is 0 Å². The van der Waals surface area contributed by atoms with E-state index in [1.54, 1.807) is 0 Å². The van der Waals surface area contributed by atoms with Crippen LogP contribution in [0.3, 0.4) is 0 Å². The van der Waals surface area contributed by atoms with Gasteiger partial charge in [-0.25, -0.2) is 0 Å². The van der Waals surface area contributed by atoms with Gasteiger partial charge in [-0.3, -0.25) is 4.55 Å². The van der Waals surface area contributed by atoms with Gasteiger partial charge in [-0.1, -0.05) is 96.8 Å². The molecule has 2 atom stereocenters. The molecule has 0 aromatic carbocycles. The van der Waals surface area contributed by atoms with Crippen molar-refractivity contribution < 1.29 is 18.1 Å². The highest BCUT2D eigenvalue weighted by molar-refractivity contribution is 7.86. The number of hydrogen-bond acceptors (Lipinski definition) is 3. The van der Waals surface area contributed by atoms with Crippen LogP contribution in [-0.2, 0) is 10.1 Å². The summed E-state index contributed by atoms with van der Waals surface area (Å²) >= 11 is 0. The van der Waals surface area contributed by atoms with Crippen molar-refractivity contribution >= 4 is 10.1 Å². The molecule has 0 heterocycles. The average molecular weight is 393 g/mol. The summed E-state index contributed by atoms with van der Waals surface area (Å²) in [6.45, 7) is 3.79. The lowest BCUT2D eigenvalue weighted by atomic mass is 10.0. The van der Waals surface area contributed by atoms with Crippen LogP contribution in [0.1, 0.15) is 123 Å². The molecule has 0 aliphatic rings. The third-order valence-electron chi connectivity index (χ3n) is 5.30. The molecule has 0 bridgehead atoms. The van der Waals surface area contributed by atoms with E-state index >= 15 is 0 Å². The van der Waals surface area contributed by atoms with Gasteiger partial charge in [0.2, 0.25) is 0 Å². The predicted octanol–water partition coefficient (Wildman–Crippen LogP) is 6.28. The van der Waals surface area contributed by atoms with Crippen LogP contribution in [0.4, 0.5) is 0 Å². The first-order valence-electron chi connectivity index (χ1n) is 11.0. The highest BCUT2D eigenvalue weighted by atomic mass is 32.2. The van der Waals surface area contributed by atoms with Gasteiger partial charge in [-0.05, 0) is 26.2 Å². The lowest BCUT2D eigenvalue weighted by molar-refractivity contribution is 0.147. The Morgan fingerprint density at radius 2 is 1.00 bits per heavy atom. The molecular formula is C21H44O4S. The van der Waals surface area contributed by atoms with Crippen molar-refractivity contribution in [1.82, 2.24) is 0 Å². The monoisotopic (exact) mass is 392 g/mol. The maximum Gasteiger partial charge on any atom is 0.267 e. The van der Waals surface area contributed by atoms with Gasteiger partial charge in [0.15, 0.2) is 0 Å². The first-order valence-corrected chi connectivity index (χ1v) is 12.5. The zero-order valence-electron chi connectivity index (χ0n) is 17.3. The third kappa shape index (κ3) is 17.3. The van der Waals surface area contributed by atoms with Gasteiger partial charge in [0.1, 0.15) is 0 Å². The van der Waals surface area contributed by atoms with Crippen molar-refractivity contribution in [3.05, 3.63) is 0 Å². The van der Waals surface area contributed by atoms with Gasteiger partial charge in [0.25, 0.3) is 10.1 Å². The molecule has 26 heavy (non-hydrogen) atoms. The molecule has 0 aromatic rings. The summed E-state index contributed by atoms with van der Waals surface area (Å²) in [5, 5.41) is 9.32. The van der Waals surface area contributed by atoms with E-state index in [9.17, 15) is 13.5 Å². The molecule has 0 rings (SSSR count). The summed E-state index contributed by atoms with van der Waals surface area (Å²) in [4.78, 5) is 0. The topological polar surface area (TPSA) is 74.6 Å². The molecule has 0 saturated carbocycles. The van der Waals surface area contributed by atoms with Crippen LogP contribution in [-0.4, -0.2) is 29.4 Å². The average Bonchev–Trinajstić information content (AvgIpc) is 2.58. The molecule has 0 amide bonds. The van der Waals surface area contributed by atoms with Gasteiger partial charge in [0.05, 0.1) is 11.4 Å². The Balaban J connectivity index is 3.31. The molecule has 158 valence electrons. The second-order valence-electron chi connectivity index (χ2n) is 7.94. The standard InChI is InChI=1S/C21H44O4S/c1-3-4-5-6-7-8-9-10-11-12-15-18-21(22)19-16-13-14-17-20(2)26(23,24)25/h20-22H,3-19H2,1-2H3,(H,23,24,25). The highest BCUT2D eigenvalue weighted by Gasteiger charge is 2.16. The minimum Gasteiger partial charge on any atom is -0.393 e. The smallest absolute Gasteiger partial charge is 0.267 e. The summed E-state index contributed by atoms with van der Waals surface area (Å²) in [6, 6.07) is 0. The summed E-state index contributed by atoms with van der Waals surface area (Å²) in [7, 11) is -3.88. The van der Waals surface area contributed by atoms with Gasteiger partial charge in [-0.2, -0.15) is 8.42 Å². The number of aliphatic hydroxyl groups excluding tert-OH is 1. The van der Waals surface area contributed by atoms with Crippen LogP contribution in [0.15, 0.2) is 0 Å². The van der Waals surface area contributed by atoms with E-state index in [-0.39, 0.29) is 6.10 Å². The van der Waals surface area contributed by atoms with E-state index in [1.165, 1.54) is 71.1 Å². The molecule has 2 unspecified atom stereocenters. The Bertz CT molecular complexity index is 395. The first-order chi connectivity index (χ1) is 12.4. The van der Waals surface area contributed by atoms with E-state index in [0.29, 0.717) is 6.42 Å². The van der Waals surface area contributed by atoms with Crippen molar-refractivity contribution in [3.8, 4) is 0 Å². The summed E-state index contributed by atoms with van der Waals surface area (Å²) in [6.07, 6.45) is 19.2. The summed E-state index contributed by atoms with van der Waals surface area (Å²) in [5.74, 6) is 0. The third-order valence-corrected chi connectivity index (χ3v) is 6.55. The largest absolute Gasteiger partial charge is 0.393 e. The van der Waals surface area contributed by atoms with E-state index < -0.39 is 15.4 Å². The molecular weight excluding hydrogens is 348 g/mol. The van der Waals surface area contributed by atoms with Crippen molar-refractivity contribution in [1.29, 1.82) is 0 Å². The molecule has 4 nitrogen and oxygen atoms in total. The van der Waals surface area contributed by atoms with Crippen molar-refractivity contribution in [2.45, 2.75) is 134 Å². The van der Waals surface area contributed by atoms with Crippen molar-refractivity contribution in [2.24, 2.45) is 0 Å². The van der Waals surface area contributed by atoms with Crippen LogP contribution in [0.5, 0.6) is 0 Å². The molecule has 0 aliphatic heterocycles. The molecule has 0 fully saturated rings. The van der Waals surface area contributed by atoms with E-state index in [1.807, 2.05) is 0 Å². The lowest BCUT2D eigenvalue weighted by Gasteiger charge is -2.11. The first kappa shape index (κ1) is 25.9. The minimum absolute atomic E-state index is 0.215. The number of hydrogen-bond donors (Lipinski definition) is 2. The van der Waals surface area contributed by atoms with Crippen LogP contribution in [0.2, 0.25) is 0 Å². The summed E-state index contributed by atoms with van der Waals surface area (Å²) < 4.78 is 30.7. The molecule has 0 aromatic heterocycles. The maximum atomic E-state index is 10.9. The normalized spacial score (nSPS) is 14.5. The molecule has 0 spiro atoms. The minimum atomic E-state index is -3.88. The van der Waals surface area contributed by atoms with Crippen LogP contribution in [0, 0.1) is 0 Å². The summed E-state index contributed by atoms with van der Waals surface area (Å²) in [5.41, 5.74) is 0. The van der Waals surface area contributed by atoms with Crippen molar-refractivity contribution in [3.63, 3.8) is 0 Å². The van der Waals surface area contributed by atoms with Gasteiger partial charge >= 0.3 is 0 Å². The zero-order chi connectivity index (χ0) is 19.7. The van der Waals surface area contributed by atoms with Crippen LogP contribution >= 0.6 is 0 Å². The number of rotatable bonds is 19. The fourth-order valence-corrected chi connectivity index (χ4v) is 3.79. The van der Waals surface area contributed by atoms with E-state index in [0.717, 1.165) is 38.5 Å². The predicted molar refractivity (Wildman–Crippen MR) is 111 cm³/mol. The maximum absolute atomic E-state index is 10.9. The Morgan fingerprint density at radius 3 is 1.42 bits per heavy atom. The quantitative estimate of drug-likeness (QED) is 0.200. The molecule has 0 saturated heterocycles.